The minimum Gasteiger partial charge on any atom is -0.478 e. The van der Waals surface area contributed by atoms with Gasteiger partial charge in [0.15, 0.2) is 5.82 Å². The average Bonchev–Trinajstić information content (AvgIpc) is 3.07. The number of amides is 1. The first-order chi connectivity index (χ1) is 13.0. The molecule has 0 saturated carbocycles. The van der Waals surface area contributed by atoms with E-state index < -0.39 is 5.97 Å². The Balaban J connectivity index is 1.43. The molecule has 2 heterocycles. The molecule has 1 aliphatic heterocycles. The lowest BCUT2D eigenvalue weighted by molar-refractivity contribution is -0.138. The van der Waals surface area contributed by atoms with E-state index in [1.807, 2.05) is 12.1 Å². The first kappa shape index (κ1) is 19.0. The van der Waals surface area contributed by atoms with E-state index in [0.717, 1.165) is 24.8 Å². The van der Waals surface area contributed by atoms with Crippen molar-refractivity contribution in [3.8, 4) is 0 Å². The zero-order valence-corrected chi connectivity index (χ0v) is 15.3. The fourth-order valence-corrected chi connectivity index (χ4v) is 3.32. The highest BCUT2D eigenvalue weighted by Crippen LogP contribution is 2.23. The molecular formula is C19H23N3O5. The van der Waals surface area contributed by atoms with E-state index in [1.54, 1.807) is 24.0 Å². The van der Waals surface area contributed by atoms with Crippen molar-refractivity contribution in [2.24, 2.45) is 5.92 Å². The first-order valence-electron chi connectivity index (χ1n) is 8.99. The summed E-state index contributed by atoms with van der Waals surface area (Å²) in [4.78, 5) is 29.4. The molecule has 0 aliphatic carbocycles. The van der Waals surface area contributed by atoms with Crippen molar-refractivity contribution in [1.82, 2.24) is 15.0 Å². The molecule has 0 atom stereocenters. The number of hydrogen-bond acceptors (Lipinski definition) is 6. The summed E-state index contributed by atoms with van der Waals surface area (Å²) in [6.45, 7) is 3.13. The van der Waals surface area contributed by atoms with Gasteiger partial charge in [-0.05, 0) is 43.7 Å². The SMILES string of the molecule is Cc1noc(COCC(=O)N2CCC(Cc3ccccc3C(=O)O)CC2)n1. The van der Waals surface area contributed by atoms with Crippen LogP contribution in [0.2, 0.25) is 0 Å². The van der Waals surface area contributed by atoms with Crippen molar-refractivity contribution in [2.45, 2.75) is 32.8 Å². The van der Waals surface area contributed by atoms with Crippen molar-refractivity contribution in [1.29, 1.82) is 0 Å². The number of carboxylic acid groups (broad SMARTS) is 1. The molecule has 144 valence electrons. The Morgan fingerprint density at radius 1 is 1.30 bits per heavy atom. The van der Waals surface area contributed by atoms with Gasteiger partial charge in [0, 0.05) is 13.1 Å². The molecular weight excluding hydrogens is 350 g/mol. The predicted molar refractivity (Wildman–Crippen MR) is 95.1 cm³/mol. The number of hydrogen-bond donors (Lipinski definition) is 1. The molecule has 8 heteroatoms. The lowest BCUT2D eigenvalue weighted by atomic mass is 9.88. The van der Waals surface area contributed by atoms with Crippen molar-refractivity contribution < 1.29 is 24.0 Å². The molecule has 1 aromatic heterocycles. The second-order valence-electron chi connectivity index (χ2n) is 6.72. The molecule has 1 amide bonds. The molecule has 1 aliphatic rings. The third-order valence-corrected chi connectivity index (χ3v) is 4.74. The van der Waals surface area contributed by atoms with Gasteiger partial charge >= 0.3 is 5.97 Å². The highest BCUT2D eigenvalue weighted by Gasteiger charge is 2.24. The number of benzene rings is 1. The number of rotatable bonds is 7. The molecule has 1 fully saturated rings. The number of carboxylic acids is 1. The van der Waals surface area contributed by atoms with Gasteiger partial charge in [-0.1, -0.05) is 23.4 Å². The smallest absolute Gasteiger partial charge is 0.335 e. The molecule has 0 unspecified atom stereocenters. The second kappa shape index (κ2) is 8.77. The van der Waals surface area contributed by atoms with Gasteiger partial charge in [-0.15, -0.1) is 0 Å². The molecule has 2 aromatic rings. The molecule has 0 radical (unpaired) electrons. The Morgan fingerprint density at radius 2 is 2.04 bits per heavy atom. The van der Waals surface area contributed by atoms with E-state index in [4.69, 9.17) is 9.26 Å². The Kier molecular flexibility index (Phi) is 6.18. The van der Waals surface area contributed by atoms with Crippen LogP contribution in [-0.2, 0) is 22.6 Å². The maximum atomic E-state index is 12.3. The topological polar surface area (TPSA) is 106 Å². The highest BCUT2D eigenvalue weighted by atomic mass is 16.5. The number of likely N-dealkylation sites (tertiary alicyclic amines) is 1. The molecule has 0 bridgehead atoms. The molecule has 27 heavy (non-hydrogen) atoms. The third-order valence-electron chi connectivity index (χ3n) is 4.74. The van der Waals surface area contributed by atoms with Crippen LogP contribution in [0.3, 0.4) is 0 Å². The second-order valence-corrected chi connectivity index (χ2v) is 6.72. The van der Waals surface area contributed by atoms with Crippen LogP contribution in [0.5, 0.6) is 0 Å². The van der Waals surface area contributed by atoms with Crippen molar-refractivity contribution in [3.63, 3.8) is 0 Å². The van der Waals surface area contributed by atoms with Crippen molar-refractivity contribution in [2.75, 3.05) is 19.7 Å². The number of aromatic nitrogens is 2. The van der Waals surface area contributed by atoms with Crippen LogP contribution in [-0.4, -0.2) is 51.7 Å². The number of piperidine rings is 1. The third kappa shape index (κ3) is 5.13. The maximum Gasteiger partial charge on any atom is 0.335 e. The van der Waals surface area contributed by atoms with Gasteiger partial charge < -0.3 is 19.3 Å². The number of carbonyl (C=O) groups excluding carboxylic acids is 1. The van der Waals surface area contributed by atoms with Crippen molar-refractivity contribution in [3.05, 3.63) is 47.1 Å². The largest absolute Gasteiger partial charge is 0.478 e. The minimum absolute atomic E-state index is 0.0199. The average molecular weight is 373 g/mol. The zero-order chi connectivity index (χ0) is 19.2. The van der Waals surface area contributed by atoms with Gasteiger partial charge in [0.2, 0.25) is 5.91 Å². The Labute approximate surface area is 157 Å². The van der Waals surface area contributed by atoms with Crippen LogP contribution >= 0.6 is 0 Å². The summed E-state index contributed by atoms with van der Waals surface area (Å²) in [5.74, 6) is 0.307. The van der Waals surface area contributed by atoms with Crippen LogP contribution in [0.25, 0.3) is 0 Å². The van der Waals surface area contributed by atoms with Crippen LogP contribution < -0.4 is 0 Å². The molecule has 3 rings (SSSR count). The lowest BCUT2D eigenvalue weighted by Crippen LogP contribution is -2.40. The van der Waals surface area contributed by atoms with Gasteiger partial charge in [-0.2, -0.15) is 4.98 Å². The summed E-state index contributed by atoms with van der Waals surface area (Å²) in [5, 5.41) is 13.0. The zero-order valence-electron chi connectivity index (χ0n) is 15.3. The number of aryl methyl sites for hydroxylation is 1. The fourth-order valence-electron chi connectivity index (χ4n) is 3.32. The van der Waals surface area contributed by atoms with Crippen molar-refractivity contribution >= 4 is 11.9 Å². The van der Waals surface area contributed by atoms with Crippen LogP contribution in [0.4, 0.5) is 0 Å². The quantitative estimate of drug-likeness (QED) is 0.792. The van der Waals surface area contributed by atoms with E-state index in [2.05, 4.69) is 10.1 Å². The summed E-state index contributed by atoms with van der Waals surface area (Å²) in [6.07, 6.45) is 2.42. The number of carbonyl (C=O) groups is 2. The molecule has 1 N–H and O–H groups in total. The highest BCUT2D eigenvalue weighted by molar-refractivity contribution is 5.89. The molecule has 0 spiro atoms. The molecule has 1 aromatic carbocycles. The lowest BCUT2D eigenvalue weighted by Gasteiger charge is -2.32. The fraction of sp³-hybridized carbons (Fsp3) is 0.474. The van der Waals surface area contributed by atoms with E-state index in [9.17, 15) is 14.7 Å². The van der Waals surface area contributed by atoms with Gasteiger partial charge in [0.1, 0.15) is 13.2 Å². The van der Waals surface area contributed by atoms with Gasteiger partial charge in [0.05, 0.1) is 5.56 Å². The van der Waals surface area contributed by atoms with Crippen LogP contribution in [0.1, 0.15) is 40.5 Å². The van der Waals surface area contributed by atoms with E-state index in [1.165, 1.54) is 0 Å². The Morgan fingerprint density at radius 3 is 2.70 bits per heavy atom. The van der Waals surface area contributed by atoms with E-state index >= 15 is 0 Å². The van der Waals surface area contributed by atoms with Gasteiger partial charge in [-0.3, -0.25) is 4.79 Å². The minimum atomic E-state index is -0.896. The predicted octanol–water partition coefficient (Wildman–Crippen LogP) is 2.07. The summed E-state index contributed by atoms with van der Waals surface area (Å²) in [6, 6.07) is 7.11. The Hall–Kier alpha value is -2.74. The molecule has 1 saturated heterocycles. The number of nitrogens with zero attached hydrogens (tertiary/aromatic N) is 3. The maximum absolute atomic E-state index is 12.3. The van der Waals surface area contributed by atoms with Crippen LogP contribution in [0, 0.1) is 12.8 Å². The Bertz CT molecular complexity index is 796. The summed E-state index contributed by atoms with van der Waals surface area (Å²) < 4.78 is 10.3. The summed E-state index contributed by atoms with van der Waals surface area (Å²) in [5.41, 5.74) is 1.22. The standard InChI is InChI=1S/C19H23N3O5/c1-13-20-17(27-21-13)11-26-12-18(23)22-8-6-14(7-9-22)10-15-4-2-3-5-16(15)19(24)25/h2-5,14H,6-12H2,1H3,(H,24,25). The van der Waals surface area contributed by atoms with Gasteiger partial charge in [-0.25, -0.2) is 4.79 Å². The molecule has 8 nitrogen and oxygen atoms in total. The monoisotopic (exact) mass is 373 g/mol. The summed E-state index contributed by atoms with van der Waals surface area (Å²) in [7, 11) is 0. The number of aromatic carboxylic acids is 1. The van der Waals surface area contributed by atoms with E-state index in [0.29, 0.717) is 36.3 Å². The van der Waals surface area contributed by atoms with E-state index in [-0.39, 0.29) is 19.1 Å². The normalized spacial score (nSPS) is 15.1. The first-order valence-corrected chi connectivity index (χ1v) is 8.99. The van der Waals surface area contributed by atoms with Crippen LogP contribution in [0.15, 0.2) is 28.8 Å². The number of ether oxygens (including phenoxy) is 1. The van der Waals surface area contributed by atoms with Gasteiger partial charge in [0.25, 0.3) is 5.89 Å². The summed E-state index contributed by atoms with van der Waals surface area (Å²) >= 11 is 0.